The maximum Gasteiger partial charge on any atom is 0.217 e. The summed E-state index contributed by atoms with van der Waals surface area (Å²) in [4.78, 5) is 22.7. The number of benzene rings is 4. The Kier molecular flexibility index (Phi) is 9.75. The smallest absolute Gasteiger partial charge is 0.217 e. The van der Waals surface area contributed by atoms with E-state index in [9.17, 15) is 9.59 Å². The predicted molar refractivity (Wildman–Crippen MR) is 154 cm³/mol. The zero-order chi connectivity index (χ0) is 27.6. The van der Waals surface area contributed by atoms with Crippen molar-refractivity contribution in [2.75, 3.05) is 33.0 Å². The van der Waals surface area contributed by atoms with Crippen LogP contribution in [0.2, 0.25) is 0 Å². The van der Waals surface area contributed by atoms with Gasteiger partial charge in [-0.3, -0.25) is 9.59 Å². The molecule has 0 saturated heterocycles. The van der Waals surface area contributed by atoms with Gasteiger partial charge < -0.3 is 24.8 Å². The summed E-state index contributed by atoms with van der Waals surface area (Å²) in [5, 5.41) is 10.2. The van der Waals surface area contributed by atoms with E-state index in [0.29, 0.717) is 33.0 Å². The fourth-order valence-electron chi connectivity index (χ4n) is 4.66. The lowest BCUT2D eigenvalue weighted by Crippen LogP contribution is -2.23. The highest BCUT2D eigenvalue weighted by Gasteiger charge is 2.11. The zero-order valence-corrected chi connectivity index (χ0v) is 22.8. The van der Waals surface area contributed by atoms with Gasteiger partial charge in [0.2, 0.25) is 11.8 Å². The van der Waals surface area contributed by atoms with Crippen molar-refractivity contribution >= 4 is 33.4 Å². The first-order chi connectivity index (χ1) is 18.9. The fraction of sp³-hybridized carbons (Fsp3) is 0.312. The topological polar surface area (TPSA) is 85.9 Å². The van der Waals surface area contributed by atoms with Crippen molar-refractivity contribution in [3.63, 3.8) is 0 Å². The lowest BCUT2D eigenvalue weighted by molar-refractivity contribution is -0.120. The molecule has 1 unspecified atom stereocenters. The molecule has 0 aliphatic rings. The van der Waals surface area contributed by atoms with Gasteiger partial charge >= 0.3 is 0 Å². The van der Waals surface area contributed by atoms with Gasteiger partial charge in [-0.15, -0.1) is 0 Å². The number of hydrogen-bond donors (Lipinski definition) is 2. The molecule has 4 aromatic rings. The maximum absolute atomic E-state index is 11.5. The number of carbonyl (C=O) groups is 2. The SMILES string of the molecule is CC(=O)NCCc1cccc2ccc(OCCOCCOc3ccc4cccc(C(C)NC(C)=O)c4c3)cc12. The third kappa shape index (κ3) is 7.94. The minimum atomic E-state index is -0.0947. The summed E-state index contributed by atoms with van der Waals surface area (Å²) in [5.74, 6) is 1.46. The van der Waals surface area contributed by atoms with Crippen LogP contribution in [0.25, 0.3) is 21.5 Å². The number of amides is 2. The number of carbonyl (C=O) groups excluding carboxylic acids is 2. The summed E-state index contributed by atoms with van der Waals surface area (Å²) in [5.41, 5.74) is 2.22. The number of hydrogen-bond acceptors (Lipinski definition) is 5. The van der Waals surface area contributed by atoms with E-state index in [0.717, 1.165) is 45.0 Å². The third-order valence-corrected chi connectivity index (χ3v) is 6.48. The second-order valence-corrected chi connectivity index (χ2v) is 9.49. The molecule has 4 aromatic carbocycles. The molecule has 0 aromatic heterocycles. The van der Waals surface area contributed by atoms with Gasteiger partial charge in [-0.25, -0.2) is 0 Å². The van der Waals surface area contributed by atoms with Gasteiger partial charge in [0.25, 0.3) is 0 Å². The van der Waals surface area contributed by atoms with Gasteiger partial charge in [0.05, 0.1) is 19.3 Å². The highest BCUT2D eigenvalue weighted by Crippen LogP contribution is 2.28. The molecule has 0 spiro atoms. The van der Waals surface area contributed by atoms with Gasteiger partial charge in [-0.1, -0.05) is 48.5 Å². The summed E-state index contributed by atoms with van der Waals surface area (Å²) < 4.78 is 17.6. The average Bonchev–Trinajstić information content (AvgIpc) is 2.91. The van der Waals surface area contributed by atoms with Crippen molar-refractivity contribution in [2.45, 2.75) is 33.2 Å². The maximum atomic E-state index is 11.5. The molecule has 204 valence electrons. The number of rotatable bonds is 13. The van der Waals surface area contributed by atoms with Crippen LogP contribution in [-0.4, -0.2) is 44.8 Å². The van der Waals surface area contributed by atoms with Crippen LogP contribution in [0, 0.1) is 0 Å². The van der Waals surface area contributed by atoms with Gasteiger partial charge in [0, 0.05) is 20.4 Å². The van der Waals surface area contributed by atoms with Crippen LogP contribution in [0.3, 0.4) is 0 Å². The number of fused-ring (bicyclic) bond motifs is 2. The highest BCUT2D eigenvalue weighted by atomic mass is 16.5. The molecule has 0 heterocycles. The molecular formula is C32H36N2O5. The van der Waals surface area contributed by atoms with Crippen molar-refractivity contribution in [3.05, 3.63) is 83.9 Å². The van der Waals surface area contributed by atoms with E-state index in [2.05, 4.69) is 22.8 Å². The first-order valence-electron chi connectivity index (χ1n) is 13.3. The van der Waals surface area contributed by atoms with Crippen molar-refractivity contribution in [2.24, 2.45) is 0 Å². The molecule has 0 aliphatic heterocycles. The molecule has 0 fully saturated rings. The summed E-state index contributed by atoms with van der Waals surface area (Å²) in [6.45, 7) is 7.37. The molecular weight excluding hydrogens is 492 g/mol. The molecule has 4 rings (SSSR count). The van der Waals surface area contributed by atoms with Gasteiger partial charge in [0.1, 0.15) is 24.7 Å². The molecule has 7 heteroatoms. The van der Waals surface area contributed by atoms with E-state index in [1.807, 2.05) is 67.6 Å². The number of ether oxygens (including phenoxy) is 3. The molecule has 1 atom stereocenters. The van der Waals surface area contributed by atoms with E-state index in [-0.39, 0.29) is 17.9 Å². The van der Waals surface area contributed by atoms with Crippen molar-refractivity contribution in [3.8, 4) is 11.5 Å². The van der Waals surface area contributed by atoms with E-state index >= 15 is 0 Å². The fourth-order valence-corrected chi connectivity index (χ4v) is 4.66. The van der Waals surface area contributed by atoms with Crippen molar-refractivity contribution in [1.29, 1.82) is 0 Å². The van der Waals surface area contributed by atoms with Crippen molar-refractivity contribution in [1.82, 2.24) is 10.6 Å². The minimum absolute atomic E-state index is 0.0237. The minimum Gasteiger partial charge on any atom is -0.491 e. The van der Waals surface area contributed by atoms with E-state index in [1.54, 1.807) is 0 Å². The Labute approximate surface area is 229 Å². The van der Waals surface area contributed by atoms with E-state index in [4.69, 9.17) is 14.2 Å². The van der Waals surface area contributed by atoms with Gasteiger partial charge in [-0.2, -0.15) is 0 Å². The summed E-state index contributed by atoms with van der Waals surface area (Å²) >= 11 is 0. The zero-order valence-electron chi connectivity index (χ0n) is 22.8. The lowest BCUT2D eigenvalue weighted by atomic mass is 9.99. The normalized spacial score (nSPS) is 11.8. The Hall–Kier alpha value is -4.10. The molecule has 0 bridgehead atoms. The third-order valence-electron chi connectivity index (χ3n) is 6.48. The van der Waals surface area contributed by atoms with E-state index in [1.165, 1.54) is 19.4 Å². The first kappa shape index (κ1) is 27.9. The Morgan fingerprint density at radius 3 is 2.00 bits per heavy atom. The Morgan fingerprint density at radius 1 is 0.744 bits per heavy atom. The summed E-state index contributed by atoms with van der Waals surface area (Å²) in [6.07, 6.45) is 0.760. The number of nitrogens with one attached hydrogen (secondary N) is 2. The Morgan fingerprint density at radius 2 is 1.36 bits per heavy atom. The molecule has 2 amide bonds. The van der Waals surface area contributed by atoms with Gasteiger partial charge in [-0.05, 0) is 70.3 Å². The molecule has 7 nitrogen and oxygen atoms in total. The Bertz CT molecular complexity index is 1440. The van der Waals surface area contributed by atoms with Crippen LogP contribution in [0.1, 0.15) is 37.9 Å². The average molecular weight is 529 g/mol. The van der Waals surface area contributed by atoms with Crippen LogP contribution in [0.4, 0.5) is 0 Å². The monoisotopic (exact) mass is 528 g/mol. The molecule has 0 aliphatic carbocycles. The standard InChI is InChI=1S/C32H36N2O5/c1-22(34-24(3)36)30-9-5-8-26-11-13-29(21-32(26)30)39-19-17-37-16-18-38-28-12-10-25-6-4-7-27(31(25)20-28)14-15-33-23(2)35/h4-13,20-22H,14-19H2,1-3H3,(H,33,35)(H,34,36). The van der Waals surface area contributed by atoms with Crippen molar-refractivity contribution < 1.29 is 23.8 Å². The first-order valence-corrected chi connectivity index (χ1v) is 13.3. The van der Waals surface area contributed by atoms with Crippen LogP contribution in [-0.2, 0) is 20.7 Å². The highest BCUT2D eigenvalue weighted by molar-refractivity contribution is 5.88. The molecule has 39 heavy (non-hydrogen) atoms. The molecule has 0 saturated carbocycles. The molecule has 2 N–H and O–H groups in total. The second kappa shape index (κ2) is 13.6. The largest absolute Gasteiger partial charge is 0.491 e. The Balaban J connectivity index is 1.23. The lowest BCUT2D eigenvalue weighted by Gasteiger charge is -2.16. The van der Waals surface area contributed by atoms with E-state index < -0.39 is 0 Å². The second-order valence-electron chi connectivity index (χ2n) is 9.49. The van der Waals surface area contributed by atoms with Crippen LogP contribution < -0.4 is 20.1 Å². The quantitative estimate of drug-likeness (QED) is 0.229. The summed E-state index contributed by atoms with van der Waals surface area (Å²) in [7, 11) is 0. The molecule has 0 radical (unpaired) electrons. The summed E-state index contributed by atoms with van der Waals surface area (Å²) in [6, 6.07) is 24.2. The van der Waals surface area contributed by atoms with Crippen LogP contribution in [0.15, 0.2) is 72.8 Å². The predicted octanol–water partition coefficient (Wildman–Crippen LogP) is 5.34. The van der Waals surface area contributed by atoms with Crippen LogP contribution in [0.5, 0.6) is 11.5 Å². The van der Waals surface area contributed by atoms with Gasteiger partial charge in [0.15, 0.2) is 0 Å². The van der Waals surface area contributed by atoms with Crippen LogP contribution >= 0.6 is 0 Å².